The summed E-state index contributed by atoms with van der Waals surface area (Å²) < 4.78 is 0. The van der Waals surface area contributed by atoms with Gasteiger partial charge < -0.3 is 10.7 Å². The first-order valence-electron chi connectivity index (χ1n) is 7.38. The van der Waals surface area contributed by atoms with E-state index in [4.69, 9.17) is 28.9 Å². The Balaban J connectivity index is 2.01. The molecule has 0 saturated heterocycles. The number of aromatic amines is 1. The number of benzene rings is 1. The van der Waals surface area contributed by atoms with Crippen molar-refractivity contribution in [2.75, 3.05) is 0 Å². The van der Waals surface area contributed by atoms with Crippen LogP contribution in [0.4, 0.5) is 0 Å². The molecule has 0 radical (unpaired) electrons. The van der Waals surface area contributed by atoms with Gasteiger partial charge in [0.15, 0.2) is 0 Å². The van der Waals surface area contributed by atoms with Gasteiger partial charge in [-0.05, 0) is 18.6 Å². The predicted octanol–water partition coefficient (Wildman–Crippen LogP) is 5.35. The molecule has 3 N–H and O–H groups in total. The summed E-state index contributed by atoms with van der Waals surface area (Å²) in [7, 11) is 0. The van der Waals surface area contributed by atoms with E-state index >= 15 is 0 Å². The van der Waals surface area contributed by atoms with Gasteiger partial charge in [0, 0.05) is 11.8 Å². The second kappa shape index (κ2) is 7.83. The van der Waals surface area contributed by atoms with Crippen LogP contribution in [0, 0.1) is 0 Å². The summed E-state index contributed by atoms with van der Waals surface area (Å²) in [6.07, 6.45) is 7.67. The van der Waals surface area contributed by atoms with Crippen molar-refractivity contribution < 1.29 is 0 Å². The zero-order chi connectivity index (χ0) is 15.2. The van der Waals surface area contributed by atoms with E-state index in [1.54, 1.807) is 6.07 Å². The topological polar surface area (TPSA) is 54.7 Å². The molecule has 1 heterocycles. The van der Waals surface area contributed by atoms with E-state index in [0.29, 0.717) is 10.0 Å². The van der Waals surface area contributed by atoms with Crippen molar-refractivity contribution in [1.82, 2.24) is 9.97 Å². The smallest absolute Gasteiger partial charge is 0.123 e. The Morgan fingerprint density at radius 2 is 2.00 bits per heavy atom. The Bertz CT molecular complexity index is 581. The first kappa shape index (κ1) is 16.3. The molecule has 0 fully saturated rings. The highest BCUT2D eigenvalue weighted by Crippen LogP contribution is 2.28. The number of imidazole rings is 1. The van der Waals surface area contributed by atoms with Gasteiger partial charge in [0.1, 0.15) is 5.82 Å². The van der Waals surface area contributed by atoms with Gasteiger partial charge in [0.25, 0.3) is 0 Å². The molecule has 2 aromatic rings. The number of aromatic nitrogens is 2. The molecule has 5 heteroatoms. The summed E-state index contributed by atoms with van der Waals surface area (Å²) in [6, 6.07) is 5.45. The van der Waals surface area contributed by atoms with E-state index in [1.165, 1.54) is 19.3 Å². The molecule has 0 unspecified atom stereocenters. The average molecular weight is 326 g/mol. The van der Waals surface area contributed by atoms with E-state index in [2.05, 4.69) is 16.9 Å². The van der Waals surface area contributed by atoms with Gasteiger partial charge in [-0.3, -0.25) is 0 Å². The molecule has 0 aliphatic rings. The minimum atomic E-state index is -0.0432. The van der Waals surface area contributed by atoms with Crippen molar-refractivity contribution in [3.05, 3.63) is 40.3 Å². The second-order valence-electron chi connectivity index (χ2n) is 5.26. The SMILES string of the molecule is CCCCCC[C@@H](N)c1nc(-c2ccc(Cl)c(Cl)c2)c[nH]1. The number of nitrogens with two attached hydrogens (primary N) is 1. The molecule has 3 nitrogen and oxygen atoms in total. The lowest BCUT2D eigenvalue weighted by atomic mass is 10.1. The normalized spacial score (nSPS) is 12.6. The Hall–Kier alpha value is -1.03. The number of hydrogen-bond acceptors (Lipinski definition) is 2. The van der Waals surface area contributed by atoms with Crippen LogP contribution in [-0.2, 0) is 0 Å². The molecule has 1 aromatic carbocycles. The van der Waals surface area contributed by atoms with E-state index in [9.17, 15) is 0 Å². The Labute approximate surface area is 135 Å². The number of nitrogens with one attached hydrogen (secondary N) is 1. The molecular formula is C16H21Cl2N3. The fourth-order valence-corrected chi connectivity index (χ4v) is 2.56. The summed E-state index contributed by atoms with van der Waals surface area (Å²) in [4.78, 5) is 7.73. The first-order chi connectivity index (χ1) is 10.1. The highest BCUT2D eigenvalue weighted by atomic mass is 35.5. The lowest BCUT2D eigenvalue weighted by Gasteiger charge is -2.08. The molecule has 0 aliphatic carbocycles. The molecule has 21 heavy (non-hydrogen) atoms. The number of nitrogens with zero attached hydrogens (tertiary/aromatic N) is 1. The van der Waals surface area contributed by atoms with Gasteiger partial charge >= 0.3 is 0 Å². The Morgan fingerprint density at radius 3 is 2.71 bits per heavy atom. The average Bonchev–Trinajstić information content (AvgIpc) is 2.96. The van der Waals surface area contributed by atoms with E-state index in [0.717, 1.165) is 29.9 Å². The third-order valence-electron chi connectivity index (χ3n) is 3.53. The van der Waals surface area contributed by atoms with Gasteiger partial charge in [0.2, 0.25) is 0 Å². The molecule has 0 bridgehead atoms. The fourth-order valence-electron chi connectivity index (χ4n) is 2.26. The lowest BCUT2D eigenvalue weighted by Crippen LogP contribution is -2.11. The van der Waals surface area contributed by atoms with Crippen molar-refractivity contribution in [2.45, 2.75) is 45.1 Å². The third-order valence-corrected chi connectivity index (χ3v) is 4.27. The first-order valence-corrected chi connectivity index (χ1v) is 8.13. The summed E-state index contributed by atoms with van der Waals surface area (Å²) in [6.45, 7) is 2.20. The minimum absolute atomic E-state index is 0.0432. The molecule has 1 aromatic heterocycles. The van der Waals surface area contributed by atoms with E-state index in [-0.39, 0.29) is 6.04 Å². The Kier molecular flexibility index (Phi) is 6.09. The van der Waals surface area contributed by atoms with Crippen LogP contribution in [0.5, 0.6) is 0 Å². The van der Waals surface area contributed by atoms with Crippen LogP contribution in [0.25, 0.3) is 11.3 Å². The van der Waals surface area contributed by atoms with Gasteiger partial charge in [-0.15, -0.1) is 0 Å². The summed E-state index contributed by atoms with van der Waals surface area (Å²) in [5.74, 6) is 0.826. The third kappa shape index (κ3) is 4.47. The minimum Gasteiger partial charge on any atom is -0.347 e. The predicted molar refractivity (Wildman–Crippen MR) is 89.7 cm³/mol. The van der Waals surface area contributed by atoms with Gasteiger partial charge in [-0.25, -0.2) is 4.98 Å². The number of unbranched alkanes of at least 4 members (excludes halogenated alkanes) is 3. The monoisotopic (exact) mass is 325 g/mol. The molecule has 2 rings (SSSR count). The summed E-state index contributed by atoms with van der Waals surface area (Å²) >= 11 is 12.0. The summed E-state index contributed by atoms with van der Waals surface area (Å²) in [5, 5.41) is 1.08. The van der Waals surface area contributed by atoms with Crippen molar-refractivity contribution in [1.29, 1.82) is 0 Å². The van der Waals surface area contributed by atoms with Crippen LogP contribution in [0.2, 0.25) is 10.0 Å². The van der Waals surface area contributed by atoms with Crippen LogP contribution in [-0.4, -0.2) is 9.97 Å². The zero-order valence-electron chi connectivity index (χ0n) is 12.2. The lowest BCUT2D eigenvalue weighted by molar-refractivity contribution is 0.550. The number of H-pyrrole nitrogens is 1. The molecule has 0 saturated carbocycles. The second-order valence-corrected chi connectivity index (χ2v) is 6.07. The maximum absolute atomic E-state index is 6.18. The van der Waals surface area contributed by atoms with Gasteiger partial charge in [-0.1, -0.05) is 61.9 Å². The molecule has 114 valence electrons. The van der Waals surface area contributed by atoms with E-state index in [1.807, 2.05) is 18.3 Å². The number of hydrogen-bond donors (Lipinski definition) is 2. The van der Waals surface area contributed by atoms with Crippen molar-refractivity contribution in [2.24, 2.45) is 5.73 Å². The van der Waals surface area contributed by atoms with Crippen LogP contribution in [0.1, 0.15) is 50.9 Å². The fraction of sp³-hybridized carbons (Fsp3) is 0.438. The van der Waals surface area contributed by atoms with Gasteiger partial charge in [-0.2, -0.15) is 0 Å². The summed E-state index contributed by atoms with van der Waals surface area (Å²) in [5.41, 5.74) is 7.96. The van der Waals surface area contributed by atoms with Crippen molar-refractivity contribution in [3.8, 4) is 11.3 Å². The molecule has 0 amide bonds. The van der Waals surface area contributed by atoms with E-state index < -0.39 is 0 Å². The maximum atomic E-state index is 6.18. The van der Waals surface area contributed by atoms with Crippen molar-refractivity contribution in [3.63, 3.8) is 0 Å². The largest absolute Gasteiger partial charge is 0.347 e. The van der Waals surface area contributed by atoms with Crippen LogP contribution in [0.3, 0.4) is 0 Å². The molecular weight excluding hydrogens is 305 g/mol. The Morgan fingerprint density at radius 1 is 1.19 bits per heavy atom. The molecule has 0 aliphatic heterocycles. The van der Waals surface area contributed by atoms with Crippen LogP contribution >= 0.6 is 23.2 Å². The standard InChI is InChI=1S/C16H21Cl2N3/c1-2-3-4-5-6-14(19)16-20-10-15(21-16)11-7-8-12(17)13(18)9-11/h7-10,14H,2-6,19H2,1H3,(H,20,21)/t14-/m1/s1. The van der Waals surface area contributed by atoms with Crippen LogP contribution in [0.15, 0.2) is 24.4 Å². The highest BCUT2D eigenvalue weighted by molar-refractivity contribution is 6.42. The highest BCUT2D eigenvalue weighted by Gasteiger charge is 2.12. The van der Waals surface area contributed by atoms with Crippen molar-refractivity contribution >= 4 is 23.2 Å². The quantitative estimate of drug-likeness (QED) is 0.674. The maximum Gasteiger partial charge on any atom is 0.123 e. The van der Waals surface area contributed by atoms with Crippen LogP contribution < -0.4 is 5.73 Å². The van der Waals surface area contributed by atoms with Gasteiger partial charge in [0.05, 0.1) is 21.8 Å². The number of halogens is 2. The molecule has 1 atom stereocenters. The number of rotatable bonds is 7. The zero-order valence-corrected chi connectivity index (χ0v) is 13.7. The molecule has 0 spiro atoms.